The fourth-order valence-electron chi connectivity index (χ4n) is 3.74. The standard InChI is InChI=1S/C18H39O10P3/c1-15(2)16(3,4)26-31(25-15,27-17(5,6)18(7,8)28-31)13-14(29(19,21-9)22-10)30(20,23-11)24-12/h14H,13H2,1-12H3. The van der Waals surface area contributed by atoms with Crippen molar-refractivity contribution in [3.05, 3.63) is 0 Å². The first-order valence-electron chi connectivity index (χ1n) is 10.0. The second-order valence-electron chi connectivity index (χ2n) is 9.84. The van der Waals surface area contributed by atoms with Crippen LogP contribution in [-0.4, -0.2) is 62.4 Å². The van der Waals surface area contributed by atoms with Gasteiger partial charge in [-0.15, -0.1) is 0 Å². The van der Waals surface area contributed by atoms with Crippen LogP contribution in [0.2, 0.25) is 0 Å². The van der Waals surface area contributed by atoms with Gasteiger partial charge in [0.1, 0.15) is 0 Å². The van der Waals surface area contributed by atoms with Gasteiger partial charge in [0.25, 0.3) is 0 Å². The average molecular weight is 508 g/mol. The Morgan fingerprint density at radius 1 is 0.613 bits per heavy atom. The van der Waals surface area contributed by atoms with Gasteiger partial charge in [-0.3, -0.25) is 0 Å². The van der Waals surface area contributed by atoms with Crippen LogP contribution in [0.5, 0.6) is 0 Å². The average Bonchev–Trinajstić information content (AvgIpc) is 2.88. The van der Waals surface area contributed by atoms with Crippen LogP contribution < -0.4 is 0 Å². The van der Waals surface area contributed by atoms with Gasteiger partial charge in [0.15, 0.2) is 0 Å². The van der Waals surface area contributed by atoms with Crippen molar-refractivity contribution in [2.45, 2.75) is 83.2 Å². The maximum atomic E-state index is 13.6. The molecule has 1 spiro atoms. The topological polar surface area (TPSA) is 108 Å². The molecule has 0 aromatic heterocycles. The Kier molecular flexibility index (Phi) is 6.99. The fourth-order valence-corrected chi connectivity index (χ4v) is 16.2. The van der Waals surface area contributed by atoms with Gasteiger partial charge < -0.3 is 0 Å². The zero-order valence-corrected chi connectivity index (χ0v) is 23.4. The van der Waals surface area contributed by atoms with Gasteiger partial charge >= 0.3 is 186 Å². The van der Waals surface area contributed by atoms with Crippen LogP contribution in [0, 0.1) is 0 Å². The molecule has 0 aromatic carbocycles. The van der Waals surface area contributed by atoms with E-state index in [0.717, 1.165) is 0 Å². The molecule has 2 aliphatic heterocycles. The van der Waals surface area contributed by atoms with Crippen LogP contribution in [0.3, 0.4) is 0 Å². The van der Waals surface area contributed by atoms with E-state index in [-0.39, 0.29) is 6.16 Å². The van der Waals surface area contributed by atoms with E-state index in [2.05, 4.69) is 0 Å². The normalized spacial score (nSPS) is 29.1. The van der Waals surface area contributed by atoms with Crippen molar-refractivity contribution in [3.8, 4) is 0 Å². The fraction of sp³-hybridized carbons (Fsp3) is 1.00. The van der Waals surface area contributed by atoms with Crippen molar-refractivity contribution >= 4 is 22.7 Å². The zero-order valence-electron chi connectivity index (χ0n) is 20.7. The van der Waals surface area contributed by atoms with Crippen molar-refractivity contribution < 1.29 is 45.3 Å². The van der Waals surface area contributed by atoms with Crippen molar-refractivity contribution in [1.29, 1.82) is 0 Å². The summed E-state index contributed by atoms with van der Waals surface area (Å²) in [6, 6.07) is 0. The van der Waals surface area contributed by atoms with Crippen LogP contribution in [0.1, 0.15) is 55.4 Å². The molecule has 13 heteroatoms. The van der Waals surface area contributed by atoms with Crippen LogP contribution >= 0.6 is 22.7 Å². The molecule has 0 N–H and O–H groups in total. The van der Waals surface area contributed by atoms with Gasteiger partial charge in [-0.1, -0.05) is 0 Å². The Labute approximate surface area is 186 Å². The van der Waals surface area contributed by atoms with Gasteiger partial charge in [-0.2, -0.15) is 0 Å². The summed E-state index contributed by atoms with van der Waals surface area (Å²) in [5.74, 6) is 0. The minimum atomic E-state index is -4.58. The molecule has 2 aliphatic rings. The van der Waals surface area contributed by atoms with Gasteiger partial charge in [0.05, 0.1) is 0 Å². The van der Waals surface area contributed by atoms with E-state index in [0.29, 0.717) is 0 Å². The number of hydrogen-bond donors (Lipinski definition) is 0. The summed E-state index contributed by atoms with van der Waals surface area (Å²) in [7, 11) is -7.88. The molecule has 2 saturated heterocycles. The summed E-state index contributed by atoms with van der Waals surface area (Å²) >= 11 is 0. The molecule has 10 nitrogen and oxygen atoms in total. The Morgan fingerprint density at radius 2 is 0.839 bits per heavy atom. The van der Waals surface area contributed by atoms with E-state index in [1.54, 1.807) is 0 Å². The second kappa shape index (κ2) is 7.79. The third-order valence-electron chi connectivity index (χ3n) is 6.73. The van der Waals surface area contributed by atoms with Crippen molar-refractivity contribution in [2.75, 3.05) is 34.6 Å². The van der Waals surface area contributed by atoms with Crippen LogP contribution in [0.4, 0.5) is 0 Å². The van der Waals surface area contributed by atoms with Crippen molar-refractivity contribution in [3.63, 3.8) is 0 Å². The Bertz CT molecular complexity index is 689. The molecule has 0 atom stereocenters. The predicted molar refractivity (Wildman–Crippen MR) is 119 cm³/mol. The molecule has 186 valence electrons. The molecule has 2 fully saturated rings. The van der Waals surface area contributed by atoms with Crippen molar-refractivity contribution in [1.82, 2.24) is 0 Å². The molecular weight excluding hydrogens is 469 g/mol. The van der Waals surface area contributed by atoms with E-state index in [1.165, 1.54) is 28.4 Å². The summed E-state index contributed by atoms with van der Waals surface area (Å²) in [5, 5.41) is -1.43. The van der Waals surface area contributed by atoms with E-state index in [4.69, 9.17) is 36.2 Å². The summed E-state index contributed by atoms with van der Waals surface area (Å²) in [4.78, 5) is 0. The summed E-state index contributed by atoms with van der Waals surface area (Å²) in [6.07, 6.45) is -0.344. The van der Waals surface area contributed by atoms with Gasteiger partial charge in [0, 0.05) is 0 Å². The number of rotatable bonds is 8. The predicted octanol–water partition coefficient (Wildman–Crippen LogP) is 5.71. The summed E-state index contributed by atoms with van der Waals surface area (Å²) in [5.41, 5.74) is -3.44. The van der Waals surface area contributed by atoms with E-state index < -0.39 is 50.5 Å². The molecule has 0 unspecified atom stereocenters. The Balaban J connectivity index is 2.80. The van der Waals surface area contributed by atoms with Gasteiger partial charge in [0.2, 0.25) is 0 Å². The van der Waals surface area contributed by atoms with E-state index in [1.807, 2.05) is 55.4 Å². The Morgan fingerprint density at radius 3 is 1.03 bits per heavy atom. The molecule has 31 heavy (non-hydrogen) atoms. The van der Waals surface area contributed by atoms with E-state index in [9.17, 15) is 9.13 Å². The molecule has 0 aliphatic carbocycles. The summed E-state index contributed by atoms with van der Waals surface area (Å²) in [6.45, 7) is 14.8. The molecule has 0 bridgehead atoms. The minimum absolute atomic E-state index is 0.344. The SMILES string of the molecule is COP(=O)(OC)C(CP12(OC(C)(C)C(C)(C)O1)OC(C)(C)C(C)(C)O2)P(=O)(OC)OC. The first-order valence-corrected chi connectivity index (χ1v) is 15.3. The third-order valence-corrected chi connectivity index (χ3v) is 17.1. The Hall–Kier alpha value is 0.570. The van der Waals surface area contributed by atoms with Crippen LogP contribution in [0.15, 0.2) is 0 Å². The third kappa shape index (κ3) is 4.26. The van der Waals surface area contributed by atoms with Crippen LogP contribution in [-0.2, 0) is 45.3 Å². The molecule has 0 radical (unpaired) electrons. The van der Waals surface area contributed by atoms with E-state index >= 15 is 0 Å². The molecular formula is C18H39O10P3. The molecule has 2 rings (SSSR count). The molecule has 0 aromatic rings. The zero-order chi connectivity index (χ0) is 24.4. The van der Waals surface area contributed by atoms with Crippen molar-refractivity contribution in [2.24, 2.45) is 0 Å². The van der Waals surface area contributed by atoms with Gasteiger partial charge in [-0.25, -0.2) is 0 Å². The first-order chi connectivity index (χ1) is 13.7. The molecule has 0 saturated carbocycles. The summed E-state index contributed by atoms with van der Waals surface area (Å²) < 4.78 is 74.4. The second-order valence-corrected chi connectivity index (χ2v) is 18.1. The molecule has 2 heterocycles. The van der Waals surface area contributed by atoms with Crippen LogP contribution in [0.25, 0.3) is 0 Å². The maximum absolute atomic E-state index is 13.6. The quantitative estimate of drug-likeness (QED) is 0.379. The number of hydrogen-bond acceptors (Lipinski definition) is 10. The molecule has 0 amide bonds. The van der Waals surface area contributed by atoms with Gasteiger partial charge in [-0.05, 0) is 0 Å². The first kappa shape index (κ1) is 27.8. The monoisotopic (exact) mass is 508 g/mol.